The Balaban J connectivity index is 1.26. The first-order valence-corrected chi connectivity index (χ1v) is 16.5. The van der Waals surface area contributed by atoms with Gasteiger partial charge in [-0.2, -0.15) is 5.10 Å². The number of aromatic amines is 1. The summed E-state index contributed by atoms with van der Waals surface area (Å²) in [6.07, 6.45) is 6.30. The Morgan fingerprint density at radius 3 is 2.38 bits per heavy atom. The number of nitrogens with zero attached hydrogens (tertiary/aromatic N) is 5. The number of aromatic nitrogens is 4. The summed E-state index contributed by atoms with van der Waals surface area (Å²) >= 11 is 0. The Morgan fingerprint density at radius 2 is 1.71 bits per heavy atom. The minimum atomic E-state index is -0.407. The molecule has 13 nitrogen and oxygen atoms in total. The monoisotopic (exact) mass is 656 g/mol. The zero-order valence-corrected chi connectivity index (χ0v) is 28.0. The number of nitrogens with one attached hydrogen (secondary N) is 3. The van der Waals surface area contributed by atoms with Crippen molar-refractivity contribution >= 4 is 34.4 Å². The van der Waals surface area contributed by atoms with Gasteiger partial charge in [-0.05, 0) is 82.0 Å². The van der Waals surface area contributed by atoms with Gasteiger partial charge in [0.2, 0.25) is 11.8 Å². The molecule has 1 saturated heterocycles. The van der Waals surface area contributed by atoms with E-state index >= 15 is 0 Å². The Kier molecular flexibility index (Phi) is 10.9. The van der Waals surface area contributed by atoms with Gasteiger partial charge in [-0.25, -0.2) is 10.5 Å². The molecule has 0 spiro atoms. The van der Waals surface area contributed by atoms with Crippen molar-refractivity contribution in [2.75, 3.05) is 31.1 Å². The molecule has 3 amide bonds. The van der Waals surface area contributed by atoms with Gasteiger partial charge in [0.15, 0.2) is 0 Å². The number of aryl methyl sites for hydroxylation is 2. The van der Waals surface area contributed by atoms with Crippen molar-refractivity contribution in [3.8, 4) is 11.1 Å². The lowest BCUT2D eigenvalue weighted by Crippen LogP contribution is -2.49. The third kappa shape index (κ3) is 7.91. The molecular weight excluding hydrogens is 612 g/mol. The van der Waals surface area contributed by atoms with Crippen molar-refractivity contribution in [2.45, 2.75) is 72.4 Å². The summed E-state index contributed by atoms with van der Waals surface area (Å²) in [6.45, 7) is 10.4. The molecule has 4 heterocycles. The molecule has 1 aromatic carbocycles. The van der Waals surface area contributed by atoms with Crippen molar-refractivity contribution < 1.29 is 19.6 Å². The molecular formula is C35H44N8O5. The summed E-state index contributed by atoms with van der Waals surface area (Å²) < 4.78 is 1.89. The van der Waals surface area contributed by atoms with Crippen LogP contribution >= 0.6 is 0 Å². The molecule has 0 aliphatic carbocycles. The van der Waals surface area contributed by atoms with Gasteiger partial charge in [0, 0.05) is 80.0 Å². The number of hydroxylamine groups is 1. The lowest BCUT2D eigenvalue weighted by atomic mass is 10.0. The summed E-state index contributed by atoms with van der Waals surface area (Å²) in [5.74, 6) is 0.227. The fourth-order valence-electron chi connectivity index (χ4n) is 6.16. The van der Waals surface area contributed by atoms with Crippen LogP contribution in [0.5, 0.6) is 0 Å². The Labute approximate surface area is 279 Å². The molecule has 5 rings (SSSR count). The highest BCUT2D eigenvalue weighted by Gasteiger charge is 2.22. The number of rotatable bonds is 12. The SMILES string of the molecule is Cc1cc(C)c(CNC(=O)c2cc(-c3ccc(N4CCN(C(=O)CCCCCC(=O)NO)CC4)nc3)cc3c2cnn3C(C)C)c(=O)[nH]1. The summed E-state index contributed by atoms with van der Waals surface area (Å²) in [4.78, 5) is 61.6. The Hall–Kier alpha value is -5.04. The third-order valence-electron chi connectivity index (χ3n) is 8.83. The molecule has 254 valence electrons. The number of carbonyl (C=O) groups is 3. The molecule has 1 aliphatic rings. The van der Waals surface area contributed by atoms with E-state index in [1.54, 1.807) is 17.9 Å². The summed E-state index contributed by atoms with van der Waals surface area (Å²) in [5, 5.41) is 16.8. The molecule has 0 unspecified atom stereocenters. The lowest BCUT2D eigenvalue weighted by Gasteiger charge is -2.35. The van der Waals surface area contributed by atoms with Crippen LogP contribution in [-0.2, 0) is 16.1 Å². The molecule has 3 aromatic heterocycles. The molecule has 48 heavy (non-hydrogen) atoms. The van der Waals surface area contributed by atoms with Crippen LogP contribution in [-0.4, -0.2) is 73.8 Å². The van der Waals surface area contributed by atoms with Gasteiger partial charge in [-0.3, -0.25) is 29.1 Å². The van der Waals surface area contributed by atoms with Crippen molar-refractivity contribution in [1.82, 2.24) is 35.4 Å². The van der Waals surface area contributed by atoms with E-state index in [0.29, 0.717) is 56.6 Å². The van der Waals surface area contributed by atoms with E-state index in [1.807, 2.05) is 67.6 Å². The number of piperazine rings is 1. The molecule has 4 N–H and O–H groups in total. The largest absolute Gasteiger partial charge is 0.353 e. The van der Waals surface area contributed by atoms with Gasteiger partial charge < -0.3 is 20.1 Å². The normalized spacial score (nSPS) is 13.3. The number of amides is 3. The zero-order valence-electron chi connectivity index (χ0n) is 28.0. The first kappa shape index (κ1) is 34.3. The molecule has 0 bridgehead atoms. The standard InChI is InChI=1S/C35H44N8O5/c1-22(2)43-30-18-26(17-27(29(30)21-38-43)34(46)37-20-28-23(3)16-24(4)39-35(28)47)25-10-11-31(36-19-25)41-12-14-42(15-13-41)33(45)9-7-5-6-8-32(44)40-48/h10-11,16-19,21-22,48H,5-9,12-15,20H2,1-4H3,(H,37,46)(H,39,47)(H,40,44). The number of anilines is 1. The van der Waals surface area contributed by atoms with Crippen LogP contribution in [0.25, 0.3) is 22.0 Å². The highest BCUT2D eigenvalue weighted by Crippen LogP contribution is 2.30. The molecule has 0 saturated carbocycles. The number of fused-ring (bicyclic) bond motifs is 1. The van der Waals surface area contributed by atoms with E-state index in [1.165, 1.54) is 0 Å². The van der Waals surface area contributed by atoms with Crippen LogP contribution in [0.3, 0.4) is 0 Å². The maximum atomic E-state index is 13.6. The summed E-state index contributed by atoms with van der Waals surface area (Å²) in [7, 11) is 0. The maximum Gasteiger partial charge on any atom is 0.253 e. The smallest absolute Gasteiger partial charge is 0.253 e. The van der Waals surface area contributed by atoms with E-state index in [9.17, 15) is 19.2 Å². The zero-order chi connectivity index (χ0) is 34.4. The topological polar surface area (TPSA) is 166 Å². The molecule has 1 fully saturated rings. The van der Waals surface area contributed by atoms with Crippen molar-refractivity contribution in [1.29, 1.82) is 0 Å². The molecule has 4 aromatic rings. The van der Waals surface area contributed by atoms with Gasteiger partial charge in [0.25, 0.3) is 11.5 Å². The van der Waals surface area contributed by atoms with Gasteiger partial charge in [-0.15, -0.1) is 0 Å². The van der Waals surface area contributed by atoms with Gasteiger partial charge in [0.1, 0.15) is 5.82 Å². The third-order valence-corrected chi connectivity index (χ3v) is 8.83. The predicted octanol–water partition coefficient (Wildman–Crippen LogP) is 4.02. The number of pyridine rings is 2. The highest BCUT2D eigenvalue weighted by atomic mass is 16.5. The van der Waals surface area contributed by atoms with Crippen molar-refractivity contribution in [2.24, 2.45) is 0 Å². The van der Waals surface area contributed by atoms with E-state index in [0.717, 1.165) is 45.5 Å². The van der Waals surface area contributed by atoms with Crippen LogP contribution in [0.2, 0.25) is 0 Å². The Bertz CT molecular complexity index is 1840. The fourth-order valence-corrected chi connectivity index (χ4v) is 6.16. The molecule has 0 atom stereocenters. The second-order valence-corrected chi connectivity index (χ2v) is 12.6. The first-order chi connectivity index (χ1) is 23.0. The average molecular weight is 657 g/mol. The second-order valence-electron chi connectivity index (χ2n) is 12.6. The van der Waals surface area contributed by atoms with E-state index in [4.69, 9.17) is 10.2 Å². The minimum Gasteiger partial charge on any atom is -0.353 e. The summed E-state index contributed by atoms with van der Waals surface area (Å²) in [6, 6.07) is 9.79. The Morgan fingerprint density at radius 1 is 0.958 bits per heavy atom. The highest BCUT2D eigenvalue weighted by molar-refractivity contribution is 6.08. The first-order valence-electron chi connectivity index (χ1n) is 16.5. The molecule has 13 heteroatoms. The van der Waals surface area contributed by atoms with Crippen LogP contribution in [0.15, 0.2) is 47.5 Å². The molecule has 0 radical (unpaired) electrons. The lowest BCUT2D eigenvalue weighted by molar-refractivity contribution is -0.131. The number of carbonyl (C=O) groups excluding carboxylic acids is 3. The minimum absolute atomic E-state index is 0.0774. The van der Waals surface area contributed by atoms with E-state index in [-0.39, 0.29) is 36.4 Å². The molecule has 1 aliphatic heterocycles. The average Bonchev–Trinajstić information content (AvgIpc) is 3.51. The maximum absolute atomic E-state index is 13.6. The predicted molar refractivity (Wildman–Crippen MR) is 183 cm³/mol. The second kappa shape index (κ2) is 15.2. The van der Waals surface area contributed by atoms with Gasteiger partial charge in [0.05, 0.1) is 17.3 Å². The number of unbranched alkanes of at least 4 members (excludes halogenated alkanes) is 2. The van der Waals surface area contributed by atoms with Crippen molar-refractivity contribution in [3.63, 3.8) is 0 Å². The van der Waals surface area contributed by atoms with Gasteiger partial charge in [-0.1, -0.05) is 6.42 Å². The summed E-state index contributed by atoms with van der Waals surface area (Å²) in [5.41, 5.74) is 6.50. The van der Waals surface area contributed by atoms with Crippen molar-refractivity contribution in [3.05, 3.63) is 75.5 Å². The van der Waals surface area contributed by atoms with E-state index < -0.39 is 5.91 Å². The quantitative estimate of drug-likeness (QED) is 0.101. The number of benzene rings is 1. The fraction of sp³-hybridized carbons (Fsp3) is 0.429. The number of hydrogen-bond donors (Lipinski definition) is 4. The van der Waals surface area contributed by atoms with Crippen LogP contribution in [0.1, 0.15) is 79.2 Å². The van der Waals surface area contributed by atoms with Crippen LogP contribution < -0.4 is 21.3 Å². The van der Waals surface area contributed by atoms with Gasteiger partial charge >= 0.3 is 0 Å². The number of hydrogen-bond acceptors (Lipinski definition) is 8. The van der Waals surface area contributed by atoms with Crippen LogP contribution in [0.4, 0.5) is 5.82 Å². The van der Waals surface area contributed by atoms with Crippen LogP contribution in [0, 0.1) is 13.8 Å². The number of H-pyrrole nitrogens is 1. The van der Waals surface area contributed by atoms with E-state index in [2.05, 4.69) is 20.3 Å².